The number of aryl methyl sites for hydroxylation is 1. The predicted octanol–water partition coefficient (Wildman–Crippen LogP) is 5.88. The summed E-state index contributed by atoms with van der Waals surface area (Å²) in [7, 11) is 0. The molecule has 1 aromatic carbocycles. The van der Waals surface area contributed by atoms with Crippen LogP contribution in [0.25, 0.3) is 10.9 Å². The van der Waals surface area contributed by atoms with Crippen LogP contribution in [0.4, 0.5) is 15.8 Å². The monoisotopic (exact) mass is 618 g/mol. The highest BCUT2D eigenvalue weighted by Gasteiger charge is 2.56. The van der Waals surface area contributed by atoms with Crippen LogP contribution in [0.2, 0.25) is 5.02 Å². The molecule has 4 N–H and O–H groups in total. The van der Waals surface area contributed by atoms with E-state index in [2.05, 4.69) is 68.6 Å². The second-order valence-electron chi connectivity index (χ2n) is 13.2. The smallest absolute Gasteiger partial charge is 0.243 e. The van der Waals surface area contributed by atoms with Crippen molar-refractivity contribution in [3.05, 3.63) is 64.7 Å². The minimum atomic E-state index is -0.661. The third-order valence-electron chi connectivity index (χ3n) is 8.58. The number of nitrogens with zero attached hydrogens (tertiary/aromatic N) is 6. The Hall–Kier alpha value is -4.21. The third kappa shape index (κ3) is 5.35. The van der Waals surface area contributed by atoms with Crippen LogP contribution < -0.4 is 21.6 Å². The van der Waals surface area contributed by atoms with Crippen molar-refractivity contribution in [1.82, 2.24) is 31.2 Å². The zero-order chi connectivity index (χ0) is 31.4. The van der Waals surface area contributed by atoms with Crippen molar-refractivity contribution >= 4 is 39.8 Å². The van der Waals surface area contributed by atoms with Crippen molar-refractivity contribution in [2.45, 2.75) is 72.0 Å². The van der Waals surface area contributed by atoms with Gasteiger partial charge in [0, 0.05) is 42.4 Å². The van der Waals surface area contributed by atoms with Crippen molar-refractivity contribution in [3.63, 3.8) is 0 Å². The first kappa shape index (κ1) is 29.8. The van der Waals surface area contributed by atoms with E-state index in [4.69, 9.17) is 16.0 Å². The fraction of sp³-hybridized carbons (Fsp3) is 0.452. The van der Waals surface area contributed by atoms with Crippen molar-refractivity contribution < 1.29 is 8.81 Å². The van der Waals surface area contributed by atoms with Gasteiger partial charge in [-0.05, 0) is 43.4 Å². The van der Waals surface area contributed by atoms with Crippen LogP contribution in [0.3, 0.4) is 0 Å². The summed E-state index contributed by atoms with van der Waals surface area (Å²) >= 11 is 6.82. The van der Waals surface area contributed by atoms with Gasteiger partial charge in [-0.1, -0.05) is 45.4 Å². The van der Waals surface area contributed by atoms with Gasteiger partial charge in [0.15, 0.2) is 0 Å². The maximum Gasteiger partial charge on any atom is 0.243 e. The molecule has 230 valence electrons. The molecule has 1 aliphatic carbocycles. The average Bonchev–Trinajstić information content (AvgIpc) is 3.40. The quantitative estimate of drug-likeness (QED) is 0.242. The van der Waals surface area contributed by atoms with Gasteiger partial charge in [-0.25, -0.2) is 0 Å². The van der Waals surface area contributed by atoms with E-state index in [0.29, 0.717) is 45.8 Å². The SMILES string of the molecule is Cc1nnc(C2(N3C=C([C@@H](Nc4cc(Cl)c5ncc(C#N)c(NCC(C)(C)C)c5c4)C4(C)C=CC(F)=NC4C)NN3)CC2)o1. The second kappa shape index (κ2) is 10.7. The van der Waals surface area contributed by atoms with Gasteiger partial charge in [0.05, 0.1) is 39.6 Å². The molecular formula is C31H36ClFN10O. The van der Waals surface area contributed by atoms with E-state index in [1.807, 2.05) is 43.3 Å². The van der Waals surface area contributed by atoms with E-state index in [1.54, 1.807) is 13.1 Å². The lowest BCUT2D eigenvalue weighted by atomic mass is 9.73. The van der Waals surface area contributed by atoms with Gasteiger partial charge in [0.2, 0.25) is 17.7 Å². The van der Waals surface area contributed by atoms with Crippen molar-refractivity contribution in [3.8, 4) is 6.07 Å². The highest BCUT2D eigenvalue weighted by Crippen LogP contribution is 2.51. The molecule has 1 fully saturated rings. The summed E-state index contributed by atoms with van der Waals surface area (Å²) in [6.07, 6.45) is 8.47. The van der Waals surface area contributed by atoms with Gasteiger partial charge in [0.1, 0.15) is 11.6 Å². The highest BCUT2D eigenvalue weighted by molar-refractivity contribution is 6.35. The lowest BCUT2D eigenvalue weighted by molar-refractivity contribution is 0.147. The van der Waals surface area contributed by atoms with Crippen LogP contribution in [0.1, 0.15) is 64.8 Å². The zero-order valence-electron chi connectivity index (χ0n) is 25.6. The minimum absolute atomic E-state index is 0.0285. The molecule has 0 radical (unpaired) electrons. The van der Waals surface area contributed by atoms with Gasteiger partial charge < -0.3 is 20.5 Å². The number of fused-ring (bicyclic) bond motifs is 1. The number of pyridine rings is 1. The highest BCUT2D eigenvalue weighted by atomic mass is 35.5. The van der Waals surface area contributed by atoms with Gasteiger partial charge in [-0.2, -0.15) is 9.65 Å². The molecule has 3 atom stereocenters. The number of anilines is 2. The van der Waals surface area contributed by atoms with Gasteiger partial charge >= 0.3 is 0 Å². The molecule has 0 saturated heterocycles. The number of hydrogen-bond donors (Lipinski definition) is 4. The van der Waals surface area contributed by atoms with Gasteiger partial charge in [-0.3, -0.25) is 15.0 Å². The molecule has 2 aromatic heterocycles. The van der Waals surface area contributed by atoms with Crippen molar-refractivity contribution in [2.24, 2.45) is 15.8 Å². The second-order valence-corrected chi connectivity index (χ2v) is 13.6. The number of nitriles is 1. The lowest BCUT2D eigenvalue weighted by Crippen LogP contribution is -2.50. The summed E-state index contributed by atoms with van der Waals surface area (Å²) in [6, 6.07) is 5.20. The van der Waals surface area contributed by atoms with Crippen LogP contribution in [0.5, 0.6) is 0 Å². The number of rotatable bonds is 8. The number of hydrazine groups is 2. The average molecular weight is 619 g/mol. The molecule has 44 heavy (non-hydrogen) atoms. The van der Waals surface area contributed by atoms with Crippen LogP contribution >= 0.6 is 11.6 Å². The number of aliphatic imine (C=N–C) groups is 1. The largest absolute Gasteiger partial charge is 0.423 e. The first-order chi connectivity index (χ1) is 20.8. The molecule has 2 unspecified atom stereocenters. The van der Waals surface area contributed by atoms with Crippen LogP contribution in [0.15, 0.2) is 51.8 Å². The number of dihydropyridines is 1. The Morgan fingerprint density at radius 3 is 2.70 bits per heavy atom. The summed E-state index contributed by atoms with van der Waals surface area (Å²) in [5.41, 5.74) is 8.64. The topological polar surface area (TPSA) is 139 Å². The molecular weight excluding hydrogens is 583 g/mol. The Bertz CT molecular complexity index is 1750. The number of hydrogen-bond acceptors (Lipinski definition) is 11. The van der Waals surface area contributed by atoms with Crippen LogP contribution in [-0.4, -0.2) is 44.8 Å². The Labute approximate surface area is 260 Å². The van der Waals surface area contributed by atoms with Crippen LogP contribution in [-0.2, 0) is 5.54 Å². The van der Waals surface area contributed by atoms with Crippen molar-refractivity contribution in [2.75, 3.05) is 17.2 Å². The van der Waals surface area contributed by atoms with E-state index in [1.165, 1.54) is 6.08 Å². The fourth-order valence-corrected chi connectivity index (χ4v) is 5.93. The third-order valence-corrected chi connectivity index (χ3v) is 8.87. The number of nitrogens with one attached hydrogen (secondary N) is 4. The molecule has 0 bridgehead atoms. The van der Waals surface area contributed by atoms with Crippen LogP contribution in [0, 0.1) is 29.1 Å². The number of aromatic nitrogens is 3. The molecule has 0 spiro atoms. The molecule has 6 rings (SSSR count). The Morgan fingerprint density at radius 2 is 2.07 bits per heavy atom. The molecule has 2 aliphatic heterocycles. The first-order valence-corrected chi connectivity index (χ1v) is 15.0. The van der Waals surface area contributed by atoms with E-state index in [-0.39, 0.29) is 5.41 Å². The van der Waals surface area contributed by atoms with E-state index in [9.17, 15) is 9.65 Å². The number of benzene rings is 1. The molecule has 1 saturated carbocycles. The Kier molecular flexibility index (Phi) is 7.29. The number of halogens is 2. The first-order valence-electron chi connectivity index (χ1n) is 14.6. The molecule has 13 heteroatoms. The normalized spacial score (nSPS) is 23.1. The molecule has 3 aliphatic rings. The maximum absolute atomic E-state index is 14.3. The van der Waals surface area contributed by atoms with Crippen molar-refractivity contribution in [1.29, 1.82) is 5.26 Å². The number of allylic oxidation sites excluding steroid dienone is 1. The lowest BCUT2D eigenvalue weighted by Gasteiger charge is -2.41. The predicted molar refractivity (Wildman–Crippen MR) is 168 cm³/mol. The molecule has 11 nitrogen and oxygen atoms in total. The summed E-state index contributed by atoms with van der Waals surface area (Å²) in [6.45, 7) is 12.7. The summed E-state index contributed by atoms with van der Waals surface area (Å²) in [5, 5.41) is 28.5. The van der Waals surface area contributed by atoms with E-state index < -0.39 is 29.0 Å². The standard InChI is InChI=1S/C31H36ClFN10O/c1-17-30(6,8-7-24(33)37-17)27(23-15-43(42-40-23)31(9-10-31)28-41-39-18(2)44-28)38-20-11-21-25(36-16-29(3,4)5)19(13-34)14-35-26(21)22(32)12-20/h7-8,11-12,14-15,17,27,38,40,42H,9-10,16H2,1-6H3,(H,35,36)/t17?,27-,30?/m1/s1. The molecule has 4 heterocycles. The maximum atomic E-state index is 14.3. The zero-order valence-corrected chi connectivity index (χ0v) is 26.3. The van der Waals surface area contributed by atoms with E-state index in [0.717, 1.165) is 23.9 Å². The Balaban J connectivity index is 1.41. The van der Waals surface area contributed by atoms with Gasteiger partial charge in [-0.15, -0.1) is 15.7 Å². The summed E-state index contributed by atoms with van der Waals surface area (Å²) < 4.78 is 20.1. The molecule has 3 aromatic rings. The molecule has 0 amide bonds. The van der Waals surface area contributed by atoms with E-state index >= 15 is 0 Å². The summed E-state index contributed by atoms with van der Waals surface area (Å²) in [5.74, 6) is 0.547. The Morgan fingerprint density at radius 1 is 1.30 bits per heavy atom. The summed E-state index contributed by atoms with van der Waals surface area (Å²) in [4.78, 5) is 8.77. The minimum Gasteiger partial charge on any atom is -0.423 e. The fourth-order valence-electron chi connectivity index (χ4n) is 5.67. The van der Waals surface area contributed by atoms with Gasteiger partial charge in [0.25, 0.3) is 0 Å².